The van der Waals surface area contributed by atoms with Crippen molar-refractivity contribution in [1.29, 1.82) is 0 Å². The van der Waals surface area contributed by atoms with Crippen molar-refractivity contribution in [3.63, 3.8) is 0 Å². The van der Waals surface area contributed by atoms with Gasteiger partial charge in [-0.3, -0.25) is 0 Å². The van der Waals surface area contributed by atoms with Crippen molar-refractivity contribution in [2.24, 2.45) is 0 Å². The number of aromatic nitrogens is 2. The Kier molecular flexibility index (Phi) is 3.22. The minimum Gasteiger partial charge on any atom is -0.512 e. The number of imidazole rings is 1. The fourth-order valence-corrected chi connectivity index (χ4v) is 1.17. The lowest BCUT2D eigenvalue weighted by atomic mass is 10.0. The van der Waals surface area contributed by atoms with Crippen molar-refractivity contribution in [2.75, 3.05) is 0 Å². The van der Waals surface area contributed by atoms with Crippen molar-refractivity contribution >= 4 is 5.82 Å². The second kappa shape index (κ2) is 4.41. The molecule has 0 saturated carbocycles. The Labute approximate surface area is 86.1 Å². The maximum absolute atomic E-state index is 10.4. The summed E-state index contributed by atoms with van der Waals surface area (Å²) >= 11 is 0. The molecule has 15 heavy (non-hydrogen) atoms. The number of H-pyrrole nitrogens is 1. The number of hydrogen-bond donors (Lipinski definition) is 2. The van der Waals surface area contributed by atoms with Crippen LogP contribution in [0.3, 0.4) is 0 Å². The van der Waals surface area contributed by atoms with Gasteiger partial charge in [-0.1, -0.05) is 12.7 Å². The zero-order valence-corrected chi connectivity index (χ0v) is 8.01. The van der Waals surface area contributed by atoms with E-state index in [4.69, 9.17) is 0 Å². The molecule has 0 fully saturated rings. The van der Waals surface area contributed by atoms with E-state index < -0.39 is 10.8 Å². The fraction of sp³-hybridized carbons (Fsp3) is 0.222. The smallest absolute Gasteiger partial charge is 0.340 e. The molecule has 1 heterocycles. The van der Waals surface area contributed by atoms with E-state index in [1.807, 2.05) is 0 Å². The Morgan fingerprint density at radius 1 is 1.87 bits per heavy atom. The summed E-state index contributed by atoms with van der Waals surface area (Å²) in [7, 11) is 0. The molecular weight excluding hydrogens is 198 g/mol. The molecular formula is C9H11N3O3. The van der Waals surface area contributed by atoms with Crippen LogP contribution in [0.5, 0.6) is 0 Å². The van der Waals surface area contributed by atoms with Crippen LogP contribution in [0, 0.1) is 10.1 Å². The molecule has 6 nitrogen and oxygen atoms in total. The Morgan fingerprint density at radius 2 is 2.53 bits per heavy atom. The van der Waals surface area contributed by atoms with Gasteiger partial charge in [0.25, 0.3) is 0 Å². The van der Waals surface area contributed by atoms with Crippen LogP contribution in [0.15, 0.2) is 31.2 Å². The summed E-state index contributed by atoms with van der Waals surface area (Å²) in [6, 6.07) is 0. The predicted octanol–water partition coefficient (Wildman–Crippen LogP) is 2.05. The van der Waals surface area contributed by atoms with E-state index >= 15 is 0 Å². The molecule has 0 aliphatic heterocycles. The molecule has 0 aromatic carbocycles. The standard InChI is InChI=1S/C9H11N3O3/c1-3-4-7(6(2)13)9-10-5-8(11-9)12(14)15/h3,5,7,13H,1-2,4H2,(H,10,11). The number of allylic oxidation sites excluding steroid dienone is 2. The second-order valence-corrected chi connectivity index (χ2v) is 2.98. The third-order valence-electron chi connectivity index (χ3n) is 1.91. The van der Waals surface area contributed by atoms with E-state index in [2.05, 4.69) is 23.1 Å². The zero-order valence-electron chi connectivity index (χ0n) is 8.01. The lowest BCUT2D eigenvalue weighted by Gasteiger charge is -2.07. The van der Waals surface area contributed by atoms with Gasteiger partial charge in [-0.15, -0.1) is 6.58 Å². The van der Waals surface area contributed by atoms with Crippen LogP contribution in [-0.4, -0.2) is 20.0 Å². The van der Waals surface area contributed by atoms with Gasteiger partial charge >= 0.3 is 5.82 Å². The van der Waals surface area contributed by atoms with Gasteiger partial charge in [-0.2, -0.15) is 0 Å². The zero-order chi connectivity index (χ0) is 11.4. The molecule has 0 amide bonds. The van der Waals surface area contributed by atoms with Crippen LogP contribution < -0.4 is 0 Å². The van der Waals surface area contributed by atoms with Gasteiger partial charge in [0.1, 0.15) is 6.20 Å². The summed E-state index contributed by atoms with van der Waals surface area (Å²) in [5, 5.41) is 19.7. The maximum Gasteiger partial charge on any atom is 0.340 e. The average molecular weight is 209 g/mol. The minimum atomic E-state index is -0.582. The quantitative estimate of drug-likeness (QED) is 0.336. The highest BCUT2D eigenvalue weighted by Gasteiger charge is 2.21. The van der Waals surface area contributed by atoms with Gasteiger partial charge in [0.15, 0.2) is 0 Å². The first-order valence-electron chi connectivity index (χ1n) is 4.24. The van der Waals surface area contributed by atoms with Crippen molar-refractivity contribution in [3.05, 3.63) is 47.1 Å². The Balaban J connectivity index is 2.96. The normalized spacial score (nSPS) is 12.0. The molecule has 0 bridgehead atoms. The highest BCUT2D eigenvalue weighted by atomic mass is 16.6. The van der Waals surface area contributed by atoms with Gasteiger partial charge in [0.2, 0.25) is 5.82 Å². The van der Waals surface area contributed by atoms with Gasteiger partial charge in [0.05, 0.1) is 11.7 Å². The van der Waals surface area contributed by atoms with Crippen LogP contribution >= 0.6 is 0 Å². The lowest BCUT2D eigenvalue weighted by molar-refractivity contribution is -0.389. The van der Waals surface area contributed by atoms with Crippen LogP contribution in [-0.2, 0) is 0 Å². The minimum absolute atomic E-state index is 0.0980. The van der Waals surface area contributed by atoms with Crippen LogP contribution in [0.1, 0.15) is 18.2 Å². The molecule has 1 unspecified atom stereocenters. The molecule has 6 heteroatoms. The van der Waals surface area contributed by atoms with E-state index in [1.165, 1.54) is 0 Å². The second-order valence-electron chi connectivity index (χ2n) is 2.98. The summed E-state index contributed by atoms with van der Waals surface area (Å²) < 4.78 is 0. The van der Waals surface area contributed by atoms with Crippen molar-refractivity contribution in [3.8, 4) is 0 Å². The number of aliphatic hydroxyl groups is 1. The highest BCUT2D eigenvalue weighted by Crippen LogP contribution is 2.24. The molecule has 1 aromatic rings. The first-order chi connectivity index (χ1) is 7.06. The maximum atomic E-state index is 10.4. The summed E-state index contributed by atoms with van der Waals surface area (Å²) in [4.78, 5) is 16.1. The Morgan fingerprint density at radius 3 is 2.93 bits per heavy atom. The summed E-state index contributed by atoms with van der Waals surface area (Å²) in [5.74, 6) is -0.468. The van der Waals surface area contributed by atoms with E-state index in [1.54, 1.807) is 6.08 Å². The Bertz CT molecular complexity index is 397. The third kappa shape index (κ3) is 2.43. The molecule has 0 aliphatic carbocycles. The van der Waals surface area contributed by atoms with Crippen molar-refractivity contribution < 1.29 is 10.0 Å². The number of nitrogens with one attached hydrogen (secondary N) is 1. The van der Waals surface area contributed by atoms with E-state index in [9.17, 15) is 15.2 Å². The molecule has 1 aromatic heterocycles. The first kappa shape index (κ1) is 11.0. The molecule has 0 saturated heterocycles. The molecule has 1 atom stereocenters. The van der Waals surface area contributed by atoms with Gasteiger partial charge in [-0.25, -0.2) is 9.97 Å². The van der Waals surface area contributed by atoms with Crippen molar-refractivity contribution in [2.45, 2.75) is 12.3 Å². The average Bonchev–Trinajstić information content (AvgIpc) is 2.62. The van der Waals surface area contributed by atoms with Crippen LogP contribution in [0.2, 0.25) is 0 Å². The highest BCUT2D eigenvalue weighted by molar-refractivity contribution is 5.21. The van der Waals surface area contributed by atoms with Gasteiger partial charge in [-0.05, 0) is 11.3 Å². The summed E-state index contributed by atoms with van der Waals surface area (Å²) in [5.41, 5.74) is 0. The molecule has 80 valence electrons. The topological polar surface area (TPSA) is 92.1 Å². The third-order valence-corrected chi connectivity index (χ3v) is 1.91. The number of aromatic amines is 1. The van der Waals surface area contributed by atoms with Crippen molar-refractivity contribution in [1.82, 2.24) is 9.97 Å². The number of nitrogens with zero attached hydrogens (tertiary/aromatic N) is 2. The summed E-state index contributed by atoms with van der Waals surface area (Å²) in [6.45, 7) is 6.91. The van der Waals surface area contributed by atoms with E-state index in [-0.39, 0.29) is 11.6 Å². The molecule has 1 rings (SSSR count). The monoisotopic (exact) mass is 209 g/mol. The fourth-order valence-electron chi connectivity index (χ4n) is 1.17. The van der Waals surface area contributed by atoms with E-state index in [0.717, 1.165) is 6.20 Å². The molecule has 0 radical (unpaired) electrons. The molecule has 2 N–H and O–H groups in total. The lowest BCUT2D eigenvalue weighted by Crippen LogP contribution is -2.02. The Hall–Kier alpha value is -2.11. The summed E-state index contributed by atoms with van der Waals surface area (Å²) in [6.07, 6.45) is 3.11. The van der Waals surface area contributed by atoms with Crippen LogP contribution in [0.25, 0.3) is 0 Å². The SMILES string of the molecule is C=CCC(C(=C)O)c1ncc([N+](=O)[O-])[nH]1. The van der Waals surface area contributed by atoms with Gasteiger partial charge < -0.3 is 15.2 Å². The van der Waals surface area contributed by atoms with E-state index in [0.29, 0.717) is 12.2 Å². The number of hydrogen-bond acceptors (Lipinski definition) is 4. The first-order valence-corrected chi connectivity index (χ1v) is 4.24. The number of rotatable bonds is 5. The van der Waals surface area contributed by atoms with Gasteiger partial charge in [0, 0.05) is 0 Å². The molecule has 0 spiro atoms. The largest absolute Gasteiger partial charge is 0.512 e. The molecule has 0 aliphatic rings. The van der Waals surface area contributed by atoms with Crippen LogP contribution in [0.4, 0.5) is 5.82 Å². The predicted molar refractivity (Wildman–Crippen MR) is 54.6 cm³/mol. The number of nitro groups is 1. The number of aliphatic hydroxyl groups excluding tert-OH is 1.